The van der Waals surface area contributed by atoms with Gasteiger partial charge in [-0.05, 0) is 30.1 Å². The highest BCUT2D eigenvalue weighted by Crippen LogP contribution is 2.34. The third-order valence-electron chi connectivity index (χ3n) is 5.04. The molecule has 1 atom stereocenters. The molecule has 33 heavy (non-hydrogen) atoms. The number of nitrogens with zero attached hydrogens (tertiary/aromatic N) is 3. The summed E-state index contributed by atoms with van der Waals surface area (Å²) in [6.45, 7) is 2.01. The fourth-order valence-electron chi connectivity index (χ4n) is 3.56. The molecule has 0 spiro atoms. The van der Waals surface area contributed by atoms with E-state index in [-0.39, 0.29) is 23.9 Å². The maximum absolute atomic E-state index is 12.1. The number of carbonyl (C=O) groups excluding carboxylic acids is 1. The Kier molecular flexibility index (Phi) is 6.31. The molecule has 1 amide bonds. The fourth-order valence-corrected chi connectivity index (χ4v) is 4.19. The number of rotatable bonds is 7. The molecule has 2 aromatic heterocycles. The van der Waals surface area contributed by atoms with Crippen molar-refractivity contribution in [3.05, 3.63) is 59.4 Å². The molecule has 0 radical (unpaired) electrons. The largest absolute Gasteiger partial charge is 0.593 e. The lowest BCUT2D eigenvalue weighted by Crippen LogP contribution is -2.30. The average Bonchev–Trinajstić information content (AvgIpc) is 3.13. The number of hydrogen-bond donors (Lipinski definition) is 6. The third kappa shape index (κ3) is 4.53. The second kappa shape index (κ2) is 9.17. The number of nitrogens with one attached hydrogen (secondary N) is 2. The normalized spacial score (nSPS) is 12.0. The number of aromatic amines is 1. The summed E-state index contributed by atoms with van der Waals surface area (Å²) >= 11 is -1.75. The van der Waals surface area contributed by atoms with Gasteiger partial charge in [0.2, 0.25) is 0 Å². The van der Waals surface area contributed by atoms with E-state index in [0.717, 1.165) is 0 Å². The number of fused-ring (bicyclic) bond motifs is 1. The molecule has 0 aliphatic heterocycles. The van der Waals surface area contributed by atoms with Crippen molar-refractivity contribution in [1.82, 2.24) is 20.2 Å². The van der Waals surface area contributed by atoms with E-state index in [1.54, 1.807) is 36.4 Å². The molecular formula is C20H20BN7O4S. The molecule has 0 aliphatic carbocycles. The second-order valence-electron chi connectivity index (χ2n) is 7.27. The van der Waals surface area contributed by atoms with Crippen LogP contribution in [-0.4, -0.2) is 47.8 Å². The molecule has 0 saturated carbocycles. The zero-order valence-corrected chi connectivity index (χ0v) is 18.3. The predicted molar refractivity (Wildman–Crippen MR) is 125 cm³/mol. The summed E-state index contributed by atoms with van der Waals surface area (Å²) in [7, 11) is -1.61. The van der Waals surface area contributed by atoms with E-state index < -0.39 is 24.4 Å². The van der Waals surface area contributed by atoms with Crippen LogP contribution in [0.4, 0.5) is 5.82 Å². The van der Waals surface area contributed by atoms with Crippen molar-refractivity contribution in [1.29, 1.82) is 0 Å². The molecule has 8 N–H and O–H groups in total. The first kappa shape index (κ1) is 22.7. The highest BCUT2D eigenvalue weighted by Gasteiger charge is 2.23. The highest BCUT2D eigenvalue weighted by molar-refractivity contribution is 7.89. The van der Waals surface area contributed by atoms with E-state index in [4.69, 9.17) is 10.9 Å². The zero-order chi connectivity index (χ0) is 23.7. The molecule has 168 valence electrons. The fraction of sp³-hybridized carbons (Fsp3) is 0.100. The monoisotopic (exact) mass is 465 g/mol. The Morgan fingerprint density at radius 1 is 1.24 bits per heavy atom. The molecule has 0 saturated heterocycles. The van der Waals surface area contributed by atoms with Crippen LogP contribution in [0.1, 0.15) is 21.7 Å². The topological polar surface area (TPSA) is 199 Å². The number of benzene rings is 2. The molecule has 0 fully saturated rings. The van der Waals surface area contributed by atoms with Crippen LogP contribution in [0.25, 0.3) is 22.3 Å². The molecule has 4 aromatic rings. The number of H-pyrrole nitrogens is 1. The average molecular weight is 465 g/mol. The summed E-state index contributed by atoms with van der Waals surface area (Å²) in [5.74, 6) is -0.533. The minimum absolute atomic E-state index is 0.0996. The van der Waals surface area contributed by atoms with Crippen LogP contribution in [0, 0.1) is 6.92 Å². The van der Waals surface area contributed by atoms with Crippen LogP contribution in [0.15, 0.2) is 47.4 Å². The van der Waals surface area contributed by atoms with Crippen LogP contribution in [-0.2, 0) is 17.9 Å². The highest BCUT2D eigenvalue weighted by atomic mass is 32.2. The molecule has 11 nitrogen and oxygen atoms in total. The predicted octanol–water partition coefficient (Wildman–Crippen LogP) is -0.300. The van der Waals surface area contributed by atoms with Gasteiger partial charge in [-0.15, -0.1) is 15.3 Å². The summed E-state index contributed by atoms with van der Waals surface area (Å²) in [5, 5.41) is 36.1. The molecule has 4 rings (SSSR count). The van der Waals surface area contributed by atoms with Crippen molar-refractivity contribution in [2.24, 2.45) is 10.9 Å². The van der Waals surface area contributed by atoms with Gasteiger partial charge in [0.15, 0.2) is 22.2 Å². The summed E-state index contributed by atoms with van der Waals surface area (Å²) < 4.78 is 12.1. The lowest BCUT2D eigenvalue weighted by atomic mass is 9.80. The zero-order valence-electron chi connectivity index (χ0n) is 17.4. The first-order valence-electron chi connectivity index (χ1n) is 9.77. The lowest BCUT2D eigenvalue weighted by molar-refractivity contribution is 0.0995. The lowest BCUT2D eigenvalue weighted by Gasteiger charge is -2.11. The van der Waals surface area contributed by atoms with Crippen molar-refractivity contribution in [2.75, 3.05) is 5.32 Å². The summed E-state index contributed by atoms with van der Waals surface area (Å²) in [4.78, 5) is 20.0. The second-order valence-corrected chi connectivity index (χ2v) is 8.30. The minimum Gasteiger partial charge on any atom is -0.593 e. The van der Waals surface area contributed by atoms with Gasteiger partial charge < -0.3 is 30.6 Å². The first-order valence-corrected chi connectivity index (χ1v) is 11.0. The van der Waals surface area contributed by atoms with Gasteiger partial charge in [0.25, 0.3) is 5.91 Å². The van der Waals surface area contributed by atoms with E-state index in [1.165, 1.54) is 0 Å². The number of aromatic nitrogens is 4. The Hall–Kier alpha value is -3.49. The van der Waals surface area contributed by atoms with Gasteiger partial charge in [-0.25, -0.2) is 4.98 Å². The number of amides is 1. The van der Waals surface area contributed by atoms with Gasteiger partial charge in [0, 0.05) is 12.2 Å². The van der Waals surface area contributed by atoms with Crippen LogP contribution in [0.5, 0.6) is 0 Å². The molecular weight excluding hydrogens is 445 g/mol. The summed E-state index contributed by atoms with van der Waals surface area (Å²) in [6.07, 6.45) is 0. The molecule has 2 heterocycles. The Balaban J connectivity index is 1.77. The van der Waals surface area contributed by atoms with E-state index in [2.05, 4.69) is 25.5 Å². The maximum Gasteiger partial charge on any atom is 0.488 e. The first-order chi connectivity index (χ1) is 15.8. The van der Waals surface area contributed by atoms with Crippen LogP contribution in [0.2, 0.25) is 0 Å². The Morgan fingerprint density at radius 3 is 2.70 bits per heavy atom. The van der Waals surface area contributed by atoms with Crippen molar-refractivity contribution >= 4 is 46.6 Å². The molecule has 0 aliphatic rings. The molecule has 2 aromatic carbocycles. The number of aryl methyl sites for hydroxylation is 1. The Morgan fingerprint density at radius 2 is 2.00 bits per heavy atom. The smallest absolute Gasteiger partial charge is 0.488 e. The van der Waals surface area contributed by atoms with Gasteiger partial charge >= 0.3 is 7.12 Å². The number of carbonyl (C=O) groups is 1. The molecule has 0 bridgehead atoms. The van der Waals surface area contributed by atoms with Gasteiger partial charge in [0.1, 0.15) is 0 Å². The maximum atomic E-state index is 12.1. The van der Waals surface area contributed by atoms with Crippen molar-refractivity contribution in [3.63, 3.8) is 0 Å². The van der Waals surface area contributed by atoms with E-state index >= 15 is 0 Å². The van der Waals surface area contributed by atoms with Crippen LogP contribution >= 0.6 is 0 Å². The van der Waals surface area contributed by atoms with Crippen molar-refractivity contribution < 1.29 is 19.4 Å². The van der Waals surface area contributed by atoms with Crippen LogP contribution < -0.4 is 21.7 Å². The summed E-state index contributed by atoms with van der Waals surface area (Å²) in [6, 6.07) is 11.8. The molecule has 1 unspecified atom stereocenters. The van der Waals surface area contributed by atoms with Gasteiger partial charge in [-0.1, -0.05) is 30.3 Å². The van der Waals surface area contributed by atoms with E-state index in [9.17, 15) is 19.4 Å². The van der Waals surface area contributed by atoms with Crippen LogP contribution in [0.3, 0.4) is 0 Å². The molecule has 13 heteroatoms. The number of primary amides is 1. The van der Waals surface area contributed by atoms with Gasteiger partial charge in [-0.2, -0.15) is 0 Å². The summed E-state index contributed by atoms with van der Waals surface area (Å²) in [5.41, 5.74) is 8.28. The quantitative estimate of drug-likeness (QED) is 0.157. The Bertz CT molecular complexity index is 1350. The number of nitrogens with two attached hydrogens (primary N) is 2. The van der Waals surface area contributed by atoms with Crippen molar-refractivity contribution in [2.45, 2.75) is 18.4 Å². The van der Waals surface area contributed by atoms with Gasteiger partial charge in [-0.3, -0.25) is 4.79 Å². The van der Waals surface area contributed by atoms with E-state index in [1.807, 2.05) is 13.0 Å². The van der Waals surface area contributed by atoms with E-state index in [0.29, 0.717) is 38.1 Å². The number of anilines is 1. The van der Waals surface area contributed by atoms with Gasteiger partial charge in [0.05, 0.1) is 27.8 Å². The Labute approximate surface area is 191 Å². The standard InChI is InChI=1S/C20H20BN7O4S/c1-10-15(16-13(25-10)6-3-7-14(16)33(23)32)19-26-20(17(18(22)29)27-28-19)24-9-11-4-2-5-12(8-11)21(30)31/h2-8,25,30-31H,9,23H2,1H3,(H2,22,29)(H,24,26,28). The third-order valence-corrected chi connectivity index (χ3v) is 5.82. The van der Waals surface area contributed by atoms with Crippen molar-refractivity contribution in [3.8, 4) is 11.4 Å². The SMILES string of the molecule is Cc1[nH]c2cccc([S+](N)[O-])c2c1-c1nnc(C(N)=O)c(NCc2cccc(B(O)O)c2)n1. The number of hydrogen-bond acceptors (Lipinski definition) is 9. The minimum atomic E-state index is -1.75.